The van der Waals surface area contributed by atoms with Crippen LogP contribution in [0, 0.1) is 0 Å². The first-order valence-electron chi connectivity index (χ1n) is 8.84. The molecular weight excluding hydrogens is 332 g/mol. The average molecular weight is 352 g/mol. The minimum Gasteiger partial charge on any atom is -0.484 e. The highest BCUT2D eigenvalue weighted by Crippen LogP contribution is 2.37. The summed E-state index contributed by atoms with van der Waals surface area (Å²) in [6.45, 7) is 0.648. The molecule has 2 amide bonds. The van der Waals surface area contributed by atoms with Gasteiger partial charge in [-0.15, -0.1) is 0 Å². The van der Waals surface area contributed by atoms with Gasteiger partial charge in [-0.05, 0) is 43.5 Å². The van der Waals surface area contributed by atoms with Gasteiger partial charge in [0.25, 0.3) is 5.91 Å². The van der Waals surface area contributed by atoms with Crippen LogP contribution in [0.2, 0.25) is 0 Å². The molecule has 2 fully saturated rings. The molecule has 0 unspecified atom stereocenters. The minimum absolute atomic E-state index is 0.105. The topological polar surface area (TPSA) is 84.4 Å². The molecule has 1 aliphatic heterocycles. The molecule has 2 aromatic rings. The van der Waals surface area contributed by atoms with Crippen molar-refractivity contribution in [2.45, 2.75) is 31.6 Å². The van der Waals surface area contributed by atoms with Crippen LogP contribution < -0.4 is 15.0 Å². The number of carbonyl (C=O) groups excluding carboxylic acids is 2. The van der Waals surface area contributed by atoms with Crippen molar-refractivity contribution in [1.29, 1.82) is 0 Å². The lowest BCUT2D eigenvalue weighted by Crippen LogP contribution is -2.23. The fraction of sp³-hybridized carbons (Fsp3) is 0.368. The van der Waals surface area contributed by atoms with Gasteiger partial charge in [-0.2, -0.15) is 0 Å². The fourth-order valence-electron chi connectivity index (χ4n) is 2.94. The van der Waals surface area contributed by atoms with E-state index >= 15 is 0 Å². The molecule has 134 valence electrons. The van der Waals surface area contributed by atoms with Crippen molar-refractivity contribution in [3.63, 3.8) is 0 Å². The van der Waals surface area contributed by atoms with E-state index in [0.29, 0.717) is 23.8 Å². The number of hydrogen-bond acceptors (Lipinski definition) is 5. The van der Waals surface area contributed by atoms with Crippen molar-refractivity contribution in [2.24, 2.45) is 0 Å². The Bertz CT molecular complexity index is 801. The molecule has 0 bridgehead atoms. The van der Waals surface area contributed by atoms with Crippen molar-refractivity contribution in [1.82, 2.24) is 9.97 Å². The second kappa shape index (κ2) is 7.11. The molecule has 0 atom stereocenters. The zero-order valence-corrected chi connectivity index (χ0v) is 14.4. The maximum absolute atomic E-state index is 12.0. The van der Waals surface area contributed by atoms with Crippen molar-refractivity contribution >= 4 is 23.2 Å². The molecule has 0 radical (unpaired) electrons. The van der Waals surface area contributed by atoms with E-state index in [9.17, 15) is 9.59 Å². The third-order valence-corrected chi connectivity index (χ3v) is 4.49. The number of benzene rings is 1. The lowest BCUT2D eigenvalue weighted by atomic mass is 10.3. The zero-order valence-electron chi connectivity index (χ0n) is 14.4. The predicted molar refractivity (Wildman–Crippen MR) is 96.2 cm³/mol. The van der Waals surface area contributed by atoms with Crippen LogP contribution in [0.4, 0.5) is 11.4 Å². The molecule has 2 heterocycles. The quantitative estimate of drug-likeness (QED) is 0.863. The Morgan fingerprint density at radius 3 is 2.54 bits per heavy atom. The van der Waals surface area contributed by atoms with E-state index in [1.165, 1.54) is 0 Å². The maximum atomic E-state index is 12.0. The van der Waals surface area contributed by atoms with E-state index in [0.717, 1.165) is 37.3 Å². The van der Waals surface area contributed by atoms with Crippen molar-refractivity contribution in [3.8, 4) is 5.75 Å². The van der Waals surface area contributed by atoms with Gasteiger partial charge in [0.1, 0.15) is 11.6 Å². The number of ether oxygens (including phenoxy) is 1. The largest absolute Gasteiger partial charge is 0.484 e. The van der Waals surface area contributed by atoms with Gasteiger partial charge in [-0.1, -0.05) is 0 Å². The number of anilines is 2. The highest BCUT2D eigenvalue weighted by Gasteiger charge is 2.26. The summed E-state index contributed by atoms with van der Waals surface area (Å²) in [4.78, 5) is 34.0. The fourth-order valence-corrected chi connectivity index (χ4v) is 2.94. The molecule has 1 saturated carbocycles. The number of amides is 2. The summed E-state index contributed by atoms with van der Waals surface area (Å²) in [6.07, 6.45) is 7.03. The smallest absolute Gasteiger partial charge is 0.262 e. The van der Waals surface area contributed by atoms with Crippen LogP contribution in [0.25, 0.3) is 0 Å². The van der Waals surface area contributed by atoms with E-state index in [-0.39, 0.29) is 18.4 Å². The number of nitrogens with one attached hydrogen (secondary N) is 1. The van der Waals surface area contributed by atoms with E-state index in [1.54, 1.807) is 29.4 Å². The predicted octanol–water partition coefficient (Wildman–Crippen LogP) is 2.50. The van der Waals surface area contributed by atoms with Crippen LogP contribution in [0.15, 0.2) is 36.7 Å². The van der Waals surface area contributed by atoms with Crippen molar-refractivity contribution < 1.29 is 14.3 Å². The molecule has 1 aromatic heterocycles. The first-order chi connectivity index (χ1) is 12.7. The van der Waals surface area contributed by atoms with E-state index in [4.69, 9.17) is 4.74 Å². The van der Waals surface area contributed by atoms with Gasteiger partial charge >= 0.3 is 0 Å². The van der Waals surface area contributed by atoms with Crippen LogP contribution in [-0.2, 0) is 9.59 Å². The van der Waals surface area contributed by atoms with E-state index in [2.05, 4.69) is 15.3 Å². The molecule has 0 spiro atoms. The van der Waals surface area contributed by atoms with Crippen LogP contribution in [-0.4, -0.2) is 34.9 Å². The van der Waals surface area contributed by atoms with Gasteiger partial charge in [0, 0.05) is 24.6 Å². The molecule has 7 nitrogen and oxygen atoms in total. The first kappa shape index (κ1) is 16.5. The summed E-state index contributed by atoms with van der Waals surface area (Å²) in [5, 5.41) is 2.72. The summed E-state index contributed by atoms with van der Waals surface area (Å²) in [6, 6.07) is 7.20. The second-order valence-electron chi connectivity index (χ2n) is 6.58. The molecule has 26 heavy (non-hydrogen) atoms. The summed E-state index contributed by atoms with van der Waals surface area (Å²) >= 11 is 0. The van der Waals surface area contributed by atoms with E-state index < -0.39 is 0 Å². The number of nitrogens with zero attached hydrogens (tertiary/aromatic N) is 3. The SMILES string of the molecule is O=C(COc1ccc(N2CCCC2=O)cc1)Nc1cnc(C2CC2)nc1. The number of aromatic nitrogens is 2. The molecule has 1 saturated heterocycles. The van der Waals surface area contributed by atoms with Gasteiger partial charge in [0.2, 0.25) is 5.91 Å². The van der Waals surface area contributed by atoms with Crippen molar-refractivity contribution in [2.75, 3.05) is 23.4 Å². The molecular formula is C19H20N4O3. The maximum Gasteiger partial charge on any atom is 0.262 e. The Hall–Kier alpha value is -2.96. The number of hydrogen-bond donors (Lipinski definition) is 1. The Balaban J connectivity index is 1.27. The lowest BCUT2D eigenvalue weighted by Gasteiger charge is -2.16. The van der Waals surface area contributed by atoms with Crippen LogP contribution in [0.3, 0.4) is 0 Å². The number of carbonyl (C=O) groups is 2. The van der Waals surface area contributed by atoms with Crippen LogP contribution in [0.1, 0.15) is 37.4 Å². The molecule has 1 N–H and O–H groups in total. The summed E-state index contributed by atoms with van der Waals surface area (Å²) in [7, 11) is 0. The average Bonchev–Trinajstić information content (AvgIpc) is 3.42. The van der Waals surface area contributed by atoms with Gasteiger partial charge in [-0.3, -0.25) is 9.59 Å². The zero-order chi connectivity index (χ0) is 17.9. The Morgan fingerprint density at radius 1 is 1.19 bits per heavy atom. The van der Waals surface area contributed by atoms with Gasteiger partial charge in [-0.25, -0.2) is 9.97 Å². The summed E-state index contributed by atoms with van der Waals surface area (Å²) in [5.41, 5.74) is 1.42. The first-order valence-corrected chi connectivity index (χ1v) is 8.84. The molecule has 7 heteroatoms. The Labute approximate surface area is 151 Å². The van der Waals surface area contributed by atoms with E-state index in [1.807, 2.05) is 12.1 Å². The highest BCUT2D eigenvalue weighted by molar-refractivity contribution is 5.95. The van der Waals surface area contributed by atoms with Gasteiger partial charge in [0.15, 0.2) is 6.61 Å². The van der Waals surface area contributed by atoms with Crippen LogP contribution in [0.5, 0.6) is 5.75 Å². The molecule has 4 rings (SSSR count). The monoisotopic (exact) mass is 352 g/mol. The Kier molecular flexibility index (Phi) is 4.51. The third kappa shape index (κ3) is 3.82. The van der Waals surface area contributed by atoms with Crippen molar-refractivity contribution in [3.05, 3.63) is 42.5 Å². The van der Waals surface area contributed by atoms with Crippen LogP contribution >= 0.6 is 0 Å². The minimum atomic E-state index is -0.272. The standard InChI is InChI=1S/C19H20N4O3/c24-17(22-14-10-20-19(21-11-14)13-3-4-13)12-26-16-7-5-15(6-8-16)23-9-1-2-18(23)25/h5-8,10-11,13H,1-4,9,12H2,(H,22,24). The normalized spacial score (nSPS) is 16.6. The molecule has 1 aromatic carbocycles. The number of rotatable bonds is 6. The van der Waals surface area contributed by atoms with Gasteiger partial charge in [0.05, 0.1) is 18.1 Å². The summed E-state index contributed by atoms with van der Waals surface area (Å²) in [5.74, 6) is 1.79. The second-order valence-corrected chi connectivity index (χ2v) is 6.58. The summed E-state index contributed by atoms with van der Waals surface area (Å²) < 4.78 is 5.50. The molecule has 2 aliphatic rings. The Morgan fingerprint density at radius 2 is 1.92 bits per heavy atom. The van der Waals surface area contributed by atoms with Gasteiger partial charge < -0.3 is 15.0 Å². The lowest BCUT2D eigenvalue weighted by molar-refractivity contribution is -0.118. The molecule has 1 aliphatic carbocycles. The highest BCUT2D eigenvalue weighted by atomic mass is 16.5. The third-order valence-electron chi connectivity index (χ3n) is 4.49.